The summed E-state index contributed by atoms with van der Waals surface area (Å²) in [6, 6.07) is 0. The van der Waals surface area contributed by atoms with Crippen LogP contribution >= 0.6 is 0 Å². The highest BCUT2D eigenvalue weighted by Gasteiger charge is 2.43. The third-order valence-corrected chi connectivity index (χ3v) is 6.33. The van der Waals surface area contributed by atoms with Crippen molar-refractivity contribution in [2.45, 2.75) is 18.4 Å². The van der Waals surface area contributed by atoms with Crippen molar-refractivity contribution in [3.8, 4) is 0 Å². The van der Waals surface area contributed by atoms with Crippen molar-refractivity contribution in [1.29, 1.82) is 0 Å². The maximum atomic E-state index is 12.7. The molecule has 0 saturated carbocycles. The van der Waals surface area contributed by atoms with Crippen molar-refractivity contribution >= 4 is 10.2 Å². The first-order chi connectivity index (χ1) is 9.62. The number of nitrogens with zero attached hydrogens (tertiary/aromatic N) is 2. The van der Waals surface area contributed by atoms with E-state index in [0.29, 0.717) is 46.0 Å². The van der Waals surface area contributed by atoms with Crippen LogP contribution in [0.4, 0.5) is 0 Å². The van der Waals surface area contributed by atoms with Crippen molar-refractivity contribution in [3.05, 3.63) is 0 Å². The van der Waals surface area contributed by atoms with Crippen molar-refractivity contribution in [2.75, 3.05) is 59.1 Å². The summed E-state index contributed by atoms with van der Waals surface area (Å²) in [5.41, 5.74) is -0.289. The molecule has 0 amide bonds. The molecule has 0 atom stereocenters. The summed E-state index contributed by atoms with van der Waals surface area (Å²) < 4.78 is 39.7. The minimum absolute atomic E-state index is 0.289. The van der Waals surface area contributed by atoms with Gasteiger partial charge in [0.1, 0.15) is 0 Å². The predicted molar refractivity (Wildman–Crippen MR) is 73.7 cm³/mol. The summed E-state index contributed by atoms with van der Waals surface area (Å²) in [4.78, 5) is 0. The van der Waals surface area contributed by atoms with Gasteiger partial charge in [-0.25, -0.2) is 0 Å². The second kappa shape index (κ2) is 5.86. The van der Waals surface area contributed by atoms with E-state index in [9.17, 15) is 8.42 Å². The van der Waals surface area contributed by atoms with E-state index in [0.717, 1.165) is 25.9 Å². The molecule has 3 aliphatic rings. The molecule has 1 spiro atoms. The monoisotopic (exact) mass is 305 g/mol. The van der Waals surface area contributed by atoms with Gasteiger partial charge in [-0.15, -0.1) is 0 Å². The lowest BCUT2D eigenvalue weighted by Crippen LogP contribution is -2.60. The number of nitrogens with one attached hydrogen (secondary N) is 1. The maximum absolute atomic E-state index is 12.7. The van der Waals surface area contributed by atoms with Gasteiger partial charge in [0.2, 0.25) is 0 Å². The fraction of sp³-hybridized carbons (Fsp3) is 1.00. The fourth-order valence-electron chi connectivity index (χ4n) is 3.13. The van der Waals surface area contributed by atoms with Gasteiger partial charge in [0.05, 0.1) is 25.4 Å². The molecule has 8 heteroatoms. The zero-order valence-corrected chi connectivity index (χ0v) is 12.5. The molecule has 0 aromatic rings. The second-order valence-electron chi connectivity index (χ2n) is 5.63. The van der Waals surface area contributed by atoms with E-state index >= 15 is 0 Å². The zero-order valence-electron chi connectivity index (χ0n) is 11.7. The van der Waals surface area contributed by atoms with Gasteiger partial charge in [0.15, 0.2) is 0 Å². The van der Waals surface area contributed by atoms with Crippen LogP contribution in [0.5, 0.6) is 0 Å². The molecule has 0 aliphatic carbocycles. The highest BCUT2D eigenvalue weighted by atomic mass is 32.2. The Kier molecular flexibility index (Phi) is 4.30. The number of piperidine rings is 1. The summed E-state index contributed by atoms with van der Waals surface area (Å²) in [6.45, 7) is 5.09. The van der Waals surface area contributed by atoms with Gasteiger partial charge in [-0.2, -0.15) is 17.0 Å². The SMILES string of the molecule is O=S(=O)(N1CCOCC1)N1CCOC2(CCNCC2)C1. The topological polar surface area (TPSA) is 71.1 Å². The minimum Gasteiger partial charge on any atom is -0.379 e. The van der Waals surface area contributed by atoms with E-state index in [-0.39, 0.29) is 5.60 Å². The van der Waals surface area contributed by atoms with Crippen LogP contribution in [0.3, 0.4) is 0 Å². The lowest BCUT2D eigenvalue weighted by Gasteiger charge is -2.45. The highest BCUT2D eigenvalue weighted by Crippen LogP contribution is 2.29. The average Bonchev–Trinajstić information content (AvgIpc) is 2.49. The molecule has 116 valence electrons. The van der Waals surface area contributed by atoms with Crippen molar-refractivity contribution in [1.82, 2.24) is 13.9 Å². The fourth-order valence-corrected chi connectivity index (χ4v) is 4.77. The third-order valence-electron chi connectivity index (χ3n) is 4.35. The minimum atomic E-state index is -3.37. The van der Waals surface area contributed by atoms with E-state index in [2.05, 4.69) is 5.32 Å². The molecule has 0 radical (unpaired) electrons. The first-order valence-corrected chi connectivity index (χ1v) is 8.70. The van der Waals surface area contributed by atoms with E-state index < -0.39 is 10.2 Å². The molecule has 0 aromatic carbocycles. The molecule has 3 saturated heterocycles. The van der Waals surface area contributed by atoms with E-state index in [1.807, 2.05) is 0 Å². The lowest BCUT2D eigenvalue weighted by molar-refractivity contribution is -0.106. The Morgan fingerprint density at radius 2 is 1.60 bits per heavy atom. The normalized spacial score (nSPS) is 29.6. The van der Waals surface area contributed by atoms with Crippen molar-refractivity contribution in [3.63, 3.8) is 0 Å². The summed E-state index contributed by atoms with van der Waals surface area (Å²) >= 11 is 0. The Morgan fingerprint density at radius 1 is 0.950 bits per heavy atom. The van der Waals surface area contributed by atoms with Crippen LogP contribution < -0.4 is 5.32 Å². The van der Waals surface area contributed by atoms with Gasteiger partial charge in [0, 0.05) is 26.2 Å². The Labute approximate surface area is 120 Å². The molecule has 20 heavy (non-hydrogen) atoms. The van der Waals surface area contributed by atoms with E-state index in [1.165, 1.54) is 4.31 Å². The molecule has 0 aromatic heterocycles. The molecular weight excluding hydrogens is 282 g/mol. The molecule has 3 fully saturated rings. The van der Waals surface area contributed by atoms with Crippen LogP contribution in [0.15, 0.2) is 0 Å². The van der Waals surface area contributed by atoms with Gasteiger partial charge >= 0.3 is 0 Å². The number of morpholine rings is 2. The average molecular weight is 305 g/mol. The third kappa shape index (κ3) is 2.86. The van der Waals surface area contributed by atoms with Crippen LogP contribution in [0.25, 0.3) is 0 Å². The molecule has 3 aliphatic heterocycles. The zero-order chi connectivity index (χ0) is 14.1. The van der Waals surface area contributed by atoms with Crippen LogP contribution in [0.1, 0.15) is 12.8 Å². The quantitative estimate of drug-likeness (QED) is 0.710. The van der Waals surface area contributed by atoms with Crippen molar-refractivity contribution in [2.24, 2.45) is 0 Å². The predicted octanol–water partition coefficient (Wildman–Crippen LogP) is -0.982. The maximum Gasteiger partial charge on any atom is 0.282 e. The summed E-state index contributed by atoms with van der Waals surface area (Å²) in [6.07, 6.45) is 1.75. The Hall–Kier alpha value is -0.250. The molecule has 3 heterocycles. The Morgan fingerprint density at radius 3 is 2.30 bits per heavy atom. The van der Waals surface area contributed by atoms with E-state index in [4.69, 9.17) is 9.47 Å². The Bertz CT molecular complexity index is 424. The largest absolute Gasteiger partial charge is 0.379 e. The number of hydrogen-bond donors (Lipinski definition) is 1. The summed E-state index contributed by atoms with van der Waals surface area (Å²) in [5.74, 6) is 0. The molecule has 7 nitrogen and oxygen atoms in total. The number of rotatable bonds is 2. The molecule has 0 unspecified atom stereocenters. The molecule has 3 rings (SSSR count). The second-order valence-corrected chi connectivity index (χ2v) is 7.56. The van der Waals surface area contributed by atoms with Crippen LogP contribution in [-0.4, -0.2) is 81.7 Å². The molecule has 1 N–H and O–H groups in total. The lowest BCUT2D eigenvalue weighted by atomic mass is 9.91. The number of hydrogen-bond acceptors (Lipinski definition) is 5. The standard InChI is InChI=1S/C12H23N3O4S/c16-20(17,14-5-8-18-9-6-14)15-7-10-19-12(11-15)1-3-13-4-2-12/h13H,1-11H2. The van der Waals surface area contributed by atoms with E-state index in [1.54, 1.807) is 4.31 Å². The first kappa shape index (κ1) is 14.7. The van der Waals surface area contributed by atoms with Crippen LogP contribution in [-0.2, 0) is 19.7 Å². The summed E-state index contributed by atoms with van der Waals surface area (Å²) in [5, 5.41) is 3.30. The van der Waals surface area contributed by atoms with Gasteiger partial charge in [0.25, 0.3) is 10.2 Å². The molecular formula is C12H23N3O4S. The van der Waals surface area contributed by atoms with Crippen molar-refractivity contribution < 1.29 is 17.9 Å². The number of ether oxygens (including phenoxy) is 2. The first-order valence-electron chi connectivity index (χ1n) is 7.30. The van der Waals surface area contributed by atoms with Gasteiger partial charge in [-0.1, -0.05) is 0 Å². The highest BCUT2D eigenvalue weighted by molar-refractivity contribution is 7.86. The van der Waals surface area contributed by atoms with Gasteiger partial charge < -0.3 is 14.8 Å². The Balaban J connectivity index is 1.72. The summed E-state index contributed by atoms with van der Waals surface area (Å²) in [7, 11) is -3.37. The molecule has 0 bridgehead atoms. The van der Waals surface area contributed by atoms with Gasteiger partial charge in [-0.3, -0.25) is 0 Å². The smallest absolute Gasteiger partial charge is 0.282 e. The van der Waals surface area contributed by atoms with Crippen LogP contribution in [0, 0.1) is 0 Å². The van der Waals surface area contributed by atoms with Gasteiger partial charge in [-0.05, 0) is 25.9 Å². The van der Waals surface area contributed by atoms with Crippen LogP contribution in [0.2, 0.25) is 0 Å².